The van der Waals surface area contributed by atoms with Gasteiger partial charge in [-0.1, -0.05) is 32.1 Å². The Balaban J connectivity index is 1.32. The van der Waals surface area contributed by atoms with E-state index in [0.717, 1.165) is 36.3 Å². The largest absolute Gasteiger partial charge is 0.449 e. The van der Waals surface area contributed by atoms with Gasteiger partial charge in [0, 0.05) is 30.7 Å². The third kappa shape index (κ3) is 5.35. The number of benzene rings is 1. The first-order valence-corrected chi connectivity index (χ1v) is 13.0. The molecule has 1 amide bonds. The third-order valence-electron chi connectivity index (χ3n) is 7.64. The van der Waals surface area contributed by atoms with Crippen molar-refractivity contribution in [3.8, 4) is 22.7 Å². The van der Waals surface area contributed by atoms with Gasteiger partial charge in [-0.3, -0.25) is 4.79 Å². The van der Waals surface area contributed by atoms with E-state index in [1.165, 1.54) is 57.1 Å². The first kappa shape index (κ1) is 23.8. The van der Waals surface area contributed by atoms with E-state index in [0.29, 0.717) is 30.1 Å². The molecule has 6 nitrogen and oxygen atoms in total. The summed E-state index contributed by atoms with van der Waals surface area (Å²) in [6.45, 7) is 1.41. The molecule has 2 aromatic heterocycles. The summed E-state index contributed by atoms with van der Waals surface area (Å²) in [5.41, 5.74) is 2.42. The molecule has 0 unspecified atom stereocenters. The van der Waals surface area contributed by atoms with Gasteiger partial charge in [0.15, 0.2) is 11.5 Å². The molecule has 0 aliphatic heterocycles. The van der Waals surface area contributed by atoms with Gasteiger partial charge in [-0.05, 0) is 69.1 Å². The van der Waals surface area contributed by atoms with Crippen LogP contribution in [-0.4, -0.2) is 46.5 Å². The van der Waals surface area contributed by atoms with E-state index in [9.17, 15) is 9.18 Å². The second kappa shape index (κ2) is 10.8. The van der Waals surface area contributed by atoms with Crippen LogP contribution in [0, 0.1) is 5.82 Å². The lowest BCUT2D eigenvalue weighted by Gasteiger charge is -2.31. The summed E-state index contributed by atoms with van der Waals surface area (Å²) in [7, 11) is 2.15. The van der Waals surface area contributed by atoms with Crippen molar-refractivity contribution in [2.75, 3.05) is 20.1 Å². The number of rotatable bonds is 8. The molecule has 7 heteroatoms. The molecule has 2 saturated carbocycles. The molecule has 1 aromatic carbocycles. The average molecular weight is 479 g/mol. The molecule has 5 rings (SSSR count). The van der Waals surface area contributed by atoms with Crippen LogP contribution in [0.4, 0.5) is 4.39 Å². The lowest BCUT2D eigenvalue weighted by atomic mass is 9.94. The Hall–Kier alpha value is -2.93. The van der Waals surface area contributed by atoms with E-state index in [1.54, 1.807) is 18.2 Å². The summed E-state index contributed by atoms with van der Waals surface area (Å²) in [5, 5.41) is 3.01. The topological polar surface area (TPSA) is 63.3 Å². The zero-order valence-electron chi connectivity index (χ0n) is 20.5. The standard InChI is InChI=1S/C28H35FN4O2/c1-32(22-7-3-2-4-8-22)18-17-30-28(34)25-16-15-24(35-25)27-26(20-11-13-21(29)14-12-20)31-19-33(27)23-9-5-6-10-23/h11-16,19,22-23H,2-10,17-18H2,1H3,(H,30,34). The van der Waals surface area contributed by atoms with Crippen molar-refractivity contribution in [2.24, 2.45) is 0 Å². The molecule has 186 valence electrons. The first-order chi connectivity index (χ1) is 17.1. The number of likely N-dealkylation sites (N-methyl/N-ethyl adjacent to an activating group) is 1. The average Bonchev–Trinajstić information content (AvgIpc) is 3.65. The predicted octanol–water partition coefficient (Wildman–Crippen LogP) is 6.06. The van der Waals surface area contributed by atoms with E-state index >= 15 is 0 Å². The number of nitrogens with zero attached hydrogens (tertiary/aromatic N) is 3. The molecule has 2 fully saturated rings. The lowest BCUT2D eigenvalue weighted by Crippen LogP contribution is -2.39. The van der Waals surface area contributed by atoms with Gasteiger partial charge >= 0.3 is 0 Å². The minimum absolute atomic E-state index is 0.205. The number of hydrogen-bond acceptors (Lipinski definition) is 4. The van der Waals surface area contributed by atoms with Crippen LogP contribution in [0.3, 0.4) is 0 Å². The number of amides is 1. The van der Waals surface area contributed by atoms with E-state index in [4.69, 9.17) is 4.42 Å². The van der Waals surface area contributed by atoms with Gasteiger partial charge < -0.3 is 19.2 Å². The Kier molecular flexibility index (Phi) is 7.32. The van der Waals surface area contributed by atoms with Crippen LogP contribution < -0.4 is 5.32 Å². The molecular weight excluding hydrogens is 443 g/mol. The van der Waals surface area contributed by atoms with E-state index < -0.39 is 0 Å². The molecule has 0 atom stereocenters. The third-order valence-corrected chi connectivity index (χ3v) is 7.64. The Labute approximate surface area is 206 Å². The molecule has 0 bridgehead atoms. The van der Waals surface area contributed by atoms with Gasteiger partial charge in [-0.15, -0.1) is 0 Å². The van der Waals surface area contributed by atoms with Crippen molar-refractivity contribution < 1.29 is 13.6 Å². The molecule has 35 heavy (non-hydrogen) atoms. The fourth-order valence-electron chi connectivity index (χ4n) is 5.61. The highest BCUT2D eigenvalue weighted by molar-refractivity contribution is 5.92. The summed E-state index contributed by atoms with van der Waals surface area (Å²) in [6, 6.07) is 10.9. The van der Waals surface area contributed by atoms with E-state index in [1.807, 2.05) is 12.4 Å². The molecule has 0 radical (unpaired) electrons. The molecule has 2 heterocycles. The minimum Gasteiger partial charge on any atom is -0.449 e. The maximum absolute atomic E-state index is 13.5. The summed E-state index contributed by atoms with van der Waals surface area (Å²) < 4.78 is 21.8. The van der Waals surface area contributed by atoms with Crippen molar-refractivity contribution in [3.63, 3.8) is 0 Å². The van der Waals surface area contributed by atoms with Crippen molar-refractivity contribution in [3.05, 3.63) is 54.3 Å². The summed E-state index contributed by atoms with van der Waals surface area (Å²) in [4.78, 5) is 19.9. The number of carbonyl (C=O) groups is 1. The second-order valence-electron chi connectivity index (χ2n) is 9.99. The molecule has 1 N–H and O–H groups in total. The molecule has 2 aliphatic carbocycles. The zero-order chi connectivity index (χ0) is 24.2. The molecule has 0 saturated heterocycles. The highest BCUT2D eigenvalue weighted by Gasteiger charge is 2.26. The summed E-state index contributed by atoms with van der Waals surface area (Å²) >= 11 is 0. The van der Waals surface area contributed by atoms with E-state index in [-0.39, 0.29) is 11.7 Å². The Bertz CT molecular complexity index is 1120. The number of furan rings is 1. The number of nitrogens with one attached hydrogen (secondary N) is 1. The van der Waals surface area contributed by atoms with Crippen molar-refractivity contribution in [1.82, 2.24) is 19.8 Å². The van der Waals surface area contributed by atoms with Crippen LogP contribution >= 0.6 is 0 Å². The SMILES string of the molecule is CN(CCNC(=O)c1ccc(-c2c(-c3ccc(F)cc3)ncn2C2CCCC2)o1)C1CCCCC1. The summed E-state index contributed by atoms with van der Waals surface area (Å²) in [5.74, 6) is 0.419. The fourth-order valence-corrected chi connectivity index (χ4v) is 5.61. The van der Waals surface area contributed by atoms with Crippen LogP contribution in [0.25, 0.3) is 22.7 Å². The van der Waals surface area contributed by atoms with Crippen LogP contribution in [0.2, 0.25) is 0 Å². The zero-order valence-corrected chi connectivity index (χ0v) is 20.5. The number of carbonyl (C=O) groups excluding carboxylic acids is 1. The molecule has 3 aromatic rings. The number of hydrogen-bond donors (Lipinski definition) is 1. The van der Waals surface area contributed by atoms with Gasteiger partial charge in [0.25, 0.3) is 5.91 Å². The van der Waals surface area contributed by atoms with Crippen LogP contribution in [0.1, 0.15) is 74.4 Å². The molecule has 2 aliphatic rings. The maximum atomic E-state index is 13.5. The van der Waals surface area contributed by atoms with Crippen LogP contribution in [0.15, 0.2) is 47.1 Å². The monoisotopic (exact) mass is 478 g/mol. The molecular formula is C28H35FN4O2. The Morgan fingerprint density at radius 1 is 1.06 bits per heavy atom. The normalized spacial score (nSPS) is 17.3. The second-order valence-corrected chi connectivity index (χ2v) is 9.99. The number of halogens is 1. The quantitative estimate of drug-likeness (QED) is 0.428. The number of imidazole rings is 1. The van der Waals surface area contributed by atoms with Crippen molar-refractivity contribution in [1.29, 1.82) is 0 Å². The highest BCUT2D eigenvalue weighted by Crippen LogP contribution is 2.39. The maximum Gasteiger partial charge on any atom is 0.287 e. The Morgan fingerprint density at radius 2 is 1.77 bits per heavy atom. The minimum atomic E-state index is -0.281. The van der Waals surface area contributed by atoms with Gasteiger partial charge in [0.2, 0.25) is 0 Å². The van der Waals surface area contributed by atoms with Crippen molar-refractivity contribution >= 4 is 5.91 Å². The van der Waals surface area contributed by atoms with E-state index in [2.05, 4.69) is 26.8 Å². The van der Waals surface area contributed by atoms with Gasteiger partial charge in [-0.25, -0.2) is 9.37 Å². The fraction of sp³-hybridized carbons (Fsp3) is 0.500. The lowest BCUT2D eigenvalue weighted by molar-refractivity contribution is 0.0917. The molecule has 0 spiro atoms. The first-order valence-electron chi connectivity index (χ1n) is 13.0. The van der Waals surface area contributed by atoms with Gasteiger partial charge in [0.1, 0.15) is 11.5 Å². The summed E-state index contributed by atoms with van der Waals surface area (Å²) in [6.07, 6.45) is 12.8. The van der Waals surface area contributed by atoms with Gasteiger partial charge in [0.05, 0.1) is 12.0 Å². The smallest absolute Gasteiger partial charge is 0.287 e. The van der Waals surface area contributed by atoms with Crippen LogP contribution in [-0.2, 0) is 0 Å². The van der Waals surface area contributed by atoms with Crippen LogP contribution in [0.5, 0.6) is 0 Å². The number of aromatic nitrogens is 2. The Morgan fingerprint density at radius 3 is 2.51 bits per heavy atom. The van der Waals surface area contributed by atoms with Gasteiger partial charge in [-0.2, -0.15) is 0 Å². The predicted molar refractivity (Wildman–Crippen MR) is 135 cm³/mol. The van der Waals surface area contributed by atoms with Crippen molar-refractivity contribution in [2.45, 2.75) is 69.9 Å². The highest BCUT2D eigenvalue weighted by atomic mass is 19.1.